The van der Waals surface area contributed by atoms with E-state index in [1.165, 1.54) is 12.5 Å². The first kappa shape index (κ1) is 20.1. The number of rotatable bonds is 6. The molecule has 3 rings (SSSR count). The molecule has 0 bridgehead atoms. The number of hydrogen-bond donors (Lipinski definition) is 1. The molecule has 1 aliphatic rings. The lowest BCUT2D eigenvalue weighted by Crippen LogP contribution is -2.46. The molecule has 0 aliphatic carbocycles. The second kappa shape index (κ2) is 9.51. The molecule has 2 aromatic rings. The topological polar surface area (TPSA) is 52.7 Å². The summed E-state index contributed by atoms with van der Waals surface area (Å²) in [6.07, 6.45) is 1.62. The predicted octanol–water partition coefficient (Wildman–Crippen LogP) is 3.06. The molecule has 0 saturated carbocycles. The number of piperidine rings is 1. The van der Waals surface area contributed by atoms with Crippen molar-refractivity contribution in [2.45, 2.75) is 38.9 Å². The minimum atomic E-state index is -0.00268. The third-order valence-electron chi connectivity index (χ3n) is 5.11. The Morgan fingerprint density at radius 2 is 1.64 bits per heavy atom. The smallest absolute Gasteiger partial charge is 0.253 e. The van der Waals surface area contributed by atoms with Crippen LogP contribution in [0.2, 0.25) is 0 Å². The van der Waals surface area contributed by atoms with E-state index in [9.17, 15) is 9.59 Å². The van der Waals surface area contributed by atoms with Crippen molar-refractivity contribution in [3.8, 4) is 0 Å². The zero-order valence-electron chi connectivity index (χ0n) is 16.7. The van der Waals surface area contributed by atoms with Gasteiger partial charge in [-0.05, 0) is 43.1 Å². The van der Waals surface area contributed by atoms with E-state index in [0.717, 1.165) is 37.1 Å². The molecule has 5 heteroatoms. The molecule has 0 atom stereocenters. The Bertz CT molecular complexity index is 799. The van der Waals surface area contributed by atoms with Crippen molar-refractivity contribution < 1.29 is 9.59 Å². The van der Waals surface area contributed by atoms with E-state index >= 15 is 0 Å². The van der Waals surface area contributed by atoms with E-state index < -0.39 is 0 Å². The van der Waals surface area contributed by atoms with Gasteiger partial charge in [0.1, 0.15) is 0 Å². The number of nitrogens with zero attached hydrogens (tertiary/aromatic N) is 2. The zero-order chi connectivity index (χ0) is 19.9. The van der Waals surface area contributed by atoms with Gasteiger partial charge in [-0.2, -0.15) is 0 Å². The maximum absolute atomic E-state index is 12.9. The van der Waals surface area contributed by atoms with E-state index in [0.29, 0.717) is 13.1 Å². The summed E-state index contributed by atoms with van der Waals surface area (Å²) in [6.45, 7) is 4.57. The number of benzene rings is 2. The van der Waals surface area contributed by atoms with Gasteiger partial charge in [-0.15, -0.1) is 0 Å². The summed E-state index contributed by atoms with van der Waals surface area (Å²) in [7, 11) is 2.09. The van der Waals surface area contributed by atoms with Gasteiger partial charge >= 0.3 is 0 Å². The quantitative estimate of drug-likeness (QED) is 0.839. The van der Waals surface area contributed by atoms with Crippen LogP contribution in [0.1, 0.15) is 41.3 Å². The Balaban J connectivity index is 1.57. The van der Waals surface area contributed by atoms with Crippen LogP contribution < -0.4 is 5.32 Å². The van der Waals surface area contributed by atoms with Crippen LogP contribution in [0.5, 0.6) is 0 Å². The predicted molar refractivity (Wildman–Crippen MR) is 111 cm³/mol. The van der Waals surface area contributed by atoms with E-state index in [1.807, 2.05) is 29.2 Å². The summed E-state index contributed by atoms with van der Waals surface area (Å²) in [5.74, 6) is 0.0749. The Morgan fingerprint density at radius 3 is 2.32 bits per heavy atom. The molecule has 148 valence electrons. The fourth-order valence-electron chi connectivity index (χ4n) is 3.76. The fraction of sp³-hybridized carbons (Fsp3) is 0.391. The Hall–Kier alpha value is -2.66. The van der Waals surface area contributed by atoms with E-state index in [-0.39, 0.29) is 17.9 Å². The molecule has 2 aromatic carbocycles. The Morgan fingerprint density at radius 1 is 1.00 bits per heavy atom. The standard InChI is InChI=1S/C23H29N3O2/c1-18(27)24-22-11-13-26(14-12-22)23(28)21-10-6-9-20(15-21)17-25(2)16-19-7-4-3-5-8-19/h3-10,15,22H,11-14,16-17H2,1-2H3,(H,24,27). The van der Waals surface area contributed by atoms with Gasteiger partial charge in [0, 0.05) is 44.7 Å². The van der Waals surface area contributed by atoms with Crippen LogP contribution in [0.4, 0.5) is 0 Å². The number of hydrogen-bond acceptors (Lipinski definition) is 3. The average Bonchev–Trinajstić information content (AvgIpc) is 2.68. The summed E-state index contributed by atoms with van der Waals surface area (Å²) in [5, 5.41) is 2.95. The lowest BCUT2D eigenvalue weighted by Gasteiger charge is -2.32. The van der Waals surface area contributed by atoms with Crippen molar-refractivity contribution in [2.24, 2.45) is 0 Å². The van der Waals surface area contributed by atoms with Crippen LogP contribution in [-0.2, 0) is 17.9 Å². The molecule has 2 amide bonds. The summed E-state index contributed by atoms with van der Waals surface area (Å²) in [4.78, 5) is 28.2. The number of nitrogens with one attached hydrogen (secondary N) is 1. The van der Waals surface area contributed by atoms with Gasteiger partial charge in [0.25, 0.3) is 5.91 Å². The molecule has 28 heavy (non-hydrogen) atoms. The molecule has 1 fully saturated rings. The van der Waals surface area contributed by atoms with Gasteiger partial charge in [0.15, 0.2) is 0 Å². The molecular weight excluding hydrogens is 350 g/mol. The van der Waals surface area contributed by atoms with Gasteiger partial charge < -0.3 is 10.2 Å². The molecule has 1 N–H and O–H groups in total. The Labute approximate surface area is 167 Å². The highest BCUT2D eigenvalue weighted by Gasteiger charge is 2.24. The van der Waals surface area contributed by atoms with Crippen LogP contribution in [0, 0.1) is 0 Å². The van der Waals surface area contributed by atoms with Gasteiger partial charge in [-0.1, -0.05) is 42.5 Å². The van der Waals surface area contributed by atoms with Gasteiger partial charge in [-0.3, -0.25) is 14.5 Å². The molecule has 0 aromatic heterocycles. The molecule has 1 heterocycles. The normalized spacial score (nSPS) is 14.9. The zero-order valence-corrected chi connectivity index (χ0v) is 16.7. The van der Waals surface area contributed by atoms with Crippen LogP contribution in [-0.4, -0.2) is 47.8 Å². The third-order valence-corrected chi connectivity index (χ3v) is 5.11. The molecule has 0 unspecified atom stereocenters. The number of carbonyl (C=O) groups is 2. The lowest BCUT2D eigenvalue weighted by molar-refractivity contribution is -0.119. The maximum atomic E-state index is 12.9. The van der Waals surface area contributed by atoms with Crippen LogP contribution in [0.25, 0.3) is 0 Å². The van der Waals surface area contributed by atoms with Gasteiger partial charge in [0.05, 0.1) is 0 Å². The van der Waals surface area contributed by atoms with Crippen molar-refractivity contribution in [1.29, 1.82) is 0 Å². The highest BCUT2D eigenvalue weighted by molar-refractivity contribution is 5.94. The third kappa shape index (κ3) is 5.67. The molecule has 1 aliphatic heterocycles. The van der Waals surface area contributed by atoms with Gasteiger partial charge in [-0.25, -0.2) is 0 Å². The SMILES string of the molecule is CC(=O)NC1CCN(C(=O)c2cccc(CN(C)Cc3ccccc3)c2)CC1. The highest BCUT2D eigenvalue weighted by Crippen LogP contribution is 2.16. The molecule has 5 nitrogen and oxygen atoms in total. The monoisotopic (exact) mass is 379 g/mol. The van der Waals surface area contributed by atoms with E-state index in [1.54, 1.807) is 0 Å². The molecule has 0 spiro atoms. The second-order valence-corrected chi connectivity index (χ2v) is 7.63. The van der Waals surface area contributed by atoms with E-state index in [2.05, 4.69) is 47.6 Å². The maximum Gasteiger partial charge on any atom is 0.253 e. The van der Waals surface area contributed by atoms with Crippen LogP contribution >= 0.6 is 0 Å². The Kier molecular flexibility index (Phi) is 6.82. The summed E-state index contributed by atoms with van der Waals surface area (Å²) >= 11 is 0. The minimum absolute atomic E-state index is 0.00268. The summed E-state index contributed by atoms with van der Waals surface area (Å²) in [6, 6.07) is 18.5. The van der Waals surface area contributed by atoms with Gasteiger partial charge in [0.2, 0.25) is 5.91 Å². The second-order valence-electron chi connectivity index (χ2n) is 7.63. The average molecular weight is 380 g/mol. The molecule has 0 radical (unpaired) electrons. The molecular formula is C23H29N3O2. The highest BCUT2D eigenvalue weighted by atomic mass is 16.2. The largest absolute Gasteiger partial charge is 0.353 e. The molecule has 1 saturated heterocycles. The van der Waals surface area contributed by atoms with Crippen LogP contribution in [0.15, 0.2) is 54.6 Å². The fourth-order valence-corrected chi connectivity index (χ4v) is 3.76. The first-order chi connectivity index (χ1) is 13.5. The first-order valence-corrected chi connectivity index (χ1v) is 9.89. The minimum Gasteiger partial charge on any atom is -0.353 e. The van der Waals surface area contributed by atoms with Crippen molar-refractivity contribution in [2.75, 3.05) is 20.1 Å². The van der Waals surface area contributed by atoms with Crippen molar-refractivity contribution in [3.05, 3.63) is 71.3 Å². The number of likely N-dealkylation sites (tertiary alicyclic amines) is 1. The lowest BCUT2D eigenvalue weighted by atomic mass is 10.0. The number of amides is 2. The van der Waals surface area contributed by atoms with Crippen molar-refractivity contribution in [3.63, 3.8) is 0 Å². The number of carbonyl (C=O) groups excluding carboxylic acids is 2. The summed E-state index contributed by atoms with van der Waals surface area (Å²) in [5.41, 5.74) is 3.15. The van der Waals surface area contributed by atoms with E-state index in [4.69, 9.17) is 0 Å². The van der Waals surface area contributed by atoms with Crippen molar-refractivity contribution >= 4 is 11.8 Å². The van der Waals surface area contributed by atoms with Crippen molar-refractivity contribution in [1.82, 2.24) is 15.1 Å². The summed E-state index contributed by atoms with van der Waals surface area (Å²) < 4.78 is 0. The van der Waals surface area contributed by atoms with Crippen LogP contribution in [0.3, 0.4) is 0 Å². The first-order valence-electron chi connectivity index (χ1n) is 9.89.